The molecule has 0 radical (unpaired) electrons. The predicted molar refractivity (Wildman–Crippen MR) is 103 cm³/mol. The van der Waals surface area contributed by atoms with Crippen molar-refractivity contribution in [3.05, 3.63) is 47.5 Å². The van der Waals surface area contributed by atoms with Crippen LogP contribution in [0, 0.1) is 0 Å². The molecule has 0 heterocycles. The molecule has 2 aromatic carbocycles. The van der Waals surface area contributed by atoms with Crippen molar-refractivity contribution >= 4 is 20.2 Å². The predicted octanol–water partition coefficient (Wildman–Crippen LogP) is 1.82. The molecule has 0 spiro atoms. The Balaban J connectivity index is 2.63. The van der Waals surface area contributed by atoms with E-state index in [2.05, 4.69) is 0 Å². The molecule has 0 atom stereocenters. The van der Waals surface area contributed by atoms with Gasteiger partial charge in [0, 0.05) is 13.2 Å². The van der Waals surface area contributed by atoms with Gasteiger partial charge in [0.25, 0.3) is 20.2 Å². The highest BCUT2D eigenvalue weighted by Gasteiger charge is 2.26. The lowest BCUT2D eigenvalue weighted by atomic mass is 10.1. The first kappa shape index (κ1) is 23.3. The van der Waals surface area contributed by atoms with E-state index in [0.717, 1.165) is 0 Å². The van der Waals surface area contributed by atoms with E-state index in [1.165, 1.54) is 36.4 Å². The number of benzene rings is 2. The number of hydrogen-bond donors (Lipinski definition) is 4. The van der Waals surface area contributed by atoms with E-state index in [4.69, 9.17) is 14.9 Å². The van der Waals surface area contributed by atoms with E-state index in [1.54, 1.807) is 0 Å². The molecule has 29 heavy (non-hydrogen) atoms. The van der Waals surface area contributed by atoms with Gasteiger partial charge in [0.15, 0.2) is 0 Å². The summed E-state index contributed by atoms with van der Waals surface area (Å²) in [5.74, 6) is -0.653. The smallest absolute Gasteiger partial charge is 0.298 e. The van der Waals surface area contributed by atoms with Crippen molar-refractivity contribution < 1.29 is 40.9 Å². The average Bonchev–Trinajstić information content (AvgIpc) is 2.62. The Hall–Kier alpha value is -2.02. The number of aliphatic hydroxyl groups is 2. The Bertz CT molecular complexity index is 975. The minimum absolute atomic E-state index is 0.129. The molecule has 0 saturated heterocycles. The third kappa shape index (κ3) is 5.98. The van der Waals surface area contributed by atoms with Crippen LogP contribution < -0.4 is 4.74 Å². The van der Waals surface area contributed by atoms with Crippen LogP contribution in [0.2, 0.25) is 0 Å². The van der Waals surface area contributed by atoms with Crippen molar-refractivity contribution in [3.8, 4) is 11.5 Å². The van der Waals surface area contributed by atoms with Gasteiger partial charge in [-0.2, -0.15) is 16.8 Å². The van der Waals surface area contributed by atoms with Crippen LogP contribution in [0.25, 0.3) is 0 Å². The minimum atomic E-state index is -4.74. The summed E-state index contributed by atoms with van der Waals surface area (Å²) in [6, 6.07) is 8.26. The zero-order valence-corrected chi connectivity index (χ0v) is 17.0. The monoisotopic (exact) mass is 446 g/mol. The Labute approximate surface area is 169 Å². The molecule has 0 aliphatic rings. The van der Waals surface area contributed by atoms with E-state index in [9.17, 15) is 25.9 Å². The molecule has 0 aliphatic heterocycles. The molecule has 0 saturated carbocycles. The topological polar surface area (TPSA) is 158 Å². The highest BCUT2D eigenvalue weighted by Crippen LogP contribution is 2.36. The van der Waals surface area contributed by atoms with E-state index in [-0.39, 0.29) is 61.5 Å². The maximum absolute atomic E-state index is 11.9. The van der Waals surface area contributed by atoms with Crippen LogP contribution in [-0.4, -0.2) is 49.4 Å². The molecule has 0 bridgehead atoms. The van der Waals surface area contributed by atoms with Crippen LogP contribution in [0.1, 0.15) is 24.0 Å². The zero-order chi connectivity index (χ0) is 21.7. The summed E-state index contributed by atoms with van der Waals surface area (Å²) in [6.07, 6.45) is 0.729. The average molecular weight is 446 g/mol. The summed E-state index contributed by atoms with van der Waals surface area (Å²) in [7, 11) is -9.48. The van der Waals surface area contributed by atoms with Crippen molar-refractivity contribution in [3.63, 3.8) is 0 Å². The number of ether oxygens (including phenoxy) is 1. The molecule has 4 N–H and O–H groups in total. The van der Waals surface area contributed by atoms with Crippen molar-refractivity contribution in [2.45, 2.75) is 35.5 Å². The van der Waals surface area contributed by atoms with Gasteiger partial charge in [0.2, 0.25) is 0 Å². The molecular formula is C18H22O9S2. The second kappa shape index (κ2) is 9.65. The van der Waals surface area contributed by atoms with Gasteiger partial charge in [0.1, 0.15) is 21.3 Å². The fourth-order valence-electron chi connectivity index (χ4n) is 2.92. The molecule has 0 aliphatic carbocycles. The van der Waals surface area contributed by atoms with Crippen LogP contribution >= 0.6 is 0 Å². The highest BCUT2D eigenvalue weighted by atomic mass is 32.2. The van der Waals surface area contributed by atoms with Gasteiger partial charge < -0.3 is 14.9 Å². The molecule has 2 aromatic rings. The fraction of sp³-hybridized carbons (Fsp3) is 0.333. The Morgan fingerprint density at radius 1 is 0.690 bits per heavy atom. The molecule has 2 rings (SSSR count). The quantitative estimate of drug-likeness (QED) is 0.399. The van der Waals surface area contributed by atoms with Crippen LogP contribution in [0.3, 0.4) is 0 Å². The summed E-state index contributed by atoms with van der Waals surface area (Å²) in [5.41, 5.74) is 0.368. The van der Waals surface area contributed by atoms with Crippen LogP contribution in [0.4, 0.5) is 0 Å². The highest BCUT2D eigenvalue weighted by molar-refractivity contribution is 7.86. The summed E-state index contributed by atoms with van der Waals surface area (Å²) >= 11 is 0. The zero-order valence-electron chi connectivity index (χ0n) is 15.4. The van der Waals surface area contributed by atoms with E-state index >= 15 is 0 Å². The third-order valence-electron chi connectivity index (χ3n) is 4.07. The molecule has 0 aromatic heterocycles. The van der Waals surface area contributed by atoms with E-state index < -0.39 is 30.0 Å². The lowest BCUT2D eigenvalue weighted by Gasteiger charge is -2.16. The first-order valence-corrected chi connectivity index (χ1v) is 11.6. The SMILES string of the molecule is O=S(=O)(O)c1c(CCCO)cccc1Oc1cccc(CCCO)c1S(=O)(=O)O. The molecule has 160 valence electrons. The second-order valence-corrected chi connectivity index (χ2v) is 8.91. The number of hydrogen-bond acceptors (Lipinski definition) is 7. The van der Waals surface area contributed by atoms with E-state index in [0.29, 0.717) is 0 Å². The summed E-state index contributed by atoms with van der Waals surface area (Å²) in [6.45, 7) is -0.397. The normalized spacial score (nSPS) is 12.1. The van der Waals surface area contributed by atoms with E-state index in [1.807, 2.05) is 0 Å². The molecule has 0 amide bonds. The number of aryl methyl sites for hydroxylation is 2. The van der Waals surface area contributed by atoms with Crippen LogP contribution in [0.15, 0.2) is 46.2 Å². The Morgan fingerprint density at radius 3 is 1.38 bits per heavy atom. The van der Waals surface area contributed by atoms with Crippen molar-refractivity contribution in [2.75, 3.05) is 13.2 Å². The molecular weight excluding hydrogens is 424 g/mol. The van der Waals surface area contributed by atoms with Gasteiger partial charge in [0.05, 0.1) is 0 Å². The third-order valence-corrected chi connectivity index (χ3v) is 6.02. The van der Waals surface area contributed by atoms with Crippen LogP contribution in [0.5, 0.6) is 11.5 Å². The maximum Gasteiger partial charge on any atom is 0.298 e. The maximum atomic E-state index is 11.9. The molecule has 0 fully saturated rings. The summed E-state index contributed by atoms with van der Waals surface area (Å²) in [4.78, 5) is -1.09. The first-order valence-electron chi connectivity index (χ1n) is 8.68. The Morgan fingerprint density at radius 2 is 1.07 bits per heavy atom. The lowest BCUT2D eigenvalue weighted by molar-refractivity contribution is 0.288. The first-order chi connectivity index (χ1) is 13.6. The lowest BCUT2D eigenvalue weighted by Crippen LogP contribution is -2.09. The standard InChI is InChI=1S/C18H22O9S2/c19-11-3-7-13-5-1-9-15(17(13)28(21,22)23)27-16-10-2-6-14(8-4-12-20)18(16)29(24,25)26/h1-2,5-6,9-10,19-20H,3-4,7-8,11-12H2,(H,21,22,23)(H,24,25,26). The molecule has 0 unspecified atom stereocenters. The van der Waals surface area contributed by atoms with Gasteiger partial charge in [-0.25, -0.2) is 0 Å². The minimum Gasteiger partial charge on any atom is -0.454 e. The van der Waals surface area contributed by atoms with Crippen LogP contribution in [-0.2, 0) is 33.1 Å². The van der Waals surface area contributed by atoms with Gasteiger partial charge in [-0.1, -0.05) is 24.3 Å². The number of aliphatic hydroxyl groups excluding tert-OH is 2. The largest absolute Gasteiger partial charge is 0.454 e. The van der Waals surface area contributed by atoms with Gasteiger partial charge in [-0.3, -0.25) is 9.11 Å². The number of rotatable bonds is 10. The van der Waals surface area contributed by atoms with Gasteiger partial charge in [-0.15, -0.1) is 0 Å². The van der Waals surface area contributed by atoms with Gasteiger partial charge >= 0.3 is 0 Å². The second-order valence-electron chi connectivity index (χ2n) is 6.20. The summed E-state index contributed by atoms with van der Waals surface area (Å²) in [5, 5.41) is 18.0. The molecule has 9 nitrogen and oxygen atoms in total. The van der Waals surface area contributed by atoms with Crippen molar-refractivity contribution in [1.29, 1.82) is 0 Å². The van der Waals surface area contributed by atoms with Gasteiger partial charge in [-0.05, 0) is 48.9 Å². The van der Waals surface area contributed by atoms with Crippen molar-refractivity contribution in [2.24, 2.45) is 0 Å². The Kier molecular flexibility index (Phi) is 7.74. The van der Waals surface area contributed by atoms with Crippen molar-refractivity contribution in [1.82, 2.24) is 0 Å². The fourth-order valence-corrected chi connectivity index (χ4v) is 4.65. The molecule has 11 heteroatoms. The summed E-state index contributed by atoms with van der Waals surface area (Å²) < 4.78 is 72.6.